The summed E-state index contributed by atoms with van der Waals surface area (Å²) in [6.45, 7) is 0. The minimum Gasteiger partial charge on any atom is -0.381 e. The van der Waals surface area contributed by atoms with Crippen LogP contribution in [0.1, 0.15) is 5.56 Å². The van der Waals surface area contributed by atoms with Crippen molar-refractivity contribution < 1.29 is 0 Å². The predicted molar refractivity (Wildman–Crippen MR) is 64.1 cm³/mol. The number of rotatable bonds is 4. The van der Waals surface area contributed by atoms with Crippen molar-refractivity contribution in [2.24, 2.45) is 7.05 Å². The molecule has 2 heterocycles. The maximum atomic E-state index is 5.69. The molecule has 0 aliphatic rings. The standard InChI is InChI=1S/C10H13N5S/c1-15-7-8(6-14-15)2-5-16-10-9(11)12-3-4-13-10/h3-4,6-7H,2,5H2,1H3,(H2,11,12). The molecular formula is C10H13N5S. The van der Waals surface area contributed by atoms with E-state index in [9.17, 15) is 0 Å². The van der Waals surface area contributed by atoms with Crippen molar-refractivity contribution in [2.75, 3.05) is 11.5 Å². The summed E-state index contributed by atoms with van der Waals surface area (Å²) in [5.41, 5.74) is 6.91. The molecule has 0 unspecified atom stereocenters. The molecule has 2 aromatic rings. The summed E-state index contributed by atoms with van der Waals surface area (Å²) in [5.74, 6) is 1.42. The highest BCUT2D eigenvalue weighted by molar-refractivity contribution is 7.99. The van der Waals surface area contributed by atoms with Gasteiger partial charge in [0.1, 0.15) is 5.03 Å². The summed E-state index contributed by atoms with van der Waals surface area (Å²) in [6.07, 6.45) is 8.10. The quantitative estimate of drug-likeness (QED) is 0.804. The lowest BCUT2D eigenvalue weighted by Crippen LogP contribution is -1.96. The highest BCUT2D eigenvalue weighted by atomic mass is 32.2. The molecular weight excluding hydrogens is 222 g/mol. The van der Waals surface area contributed by atoms with Crippen LogP contribution in [-0.2, 0) is 13.5 Å². The highest BCUT2D eigenvalue weighted by Crippen LogP contribution is 2.20. The monoisotopic (exact) mass is 235 g/mol. The topological polar surface area (TPSA) is 69.6 Å². The lowest BCUT2D eigenvalue weighted by atomic mass is 10.3. The molecule has 0 saturated heterocycles. The van der Waals surface area contributed by atoms with E-state index in [0.717, 1.165) is 17.2 Å². The Balaban J connectivity index is 1.87. The van der Waals surface area contributed by atoms with Gasteiger partial charge in [-0.3, -0.25) is 4.68 Å². The van der Waals surface area contributed by atoms with Crippen molar-refractivity contribution in [1.29, 1.82) is 0 Å². The summed E-state index contributed by atoms with van der Waals surface area (Å²) < 4.78 is 1.80. The first-order valence-corrected chi connectivity index (χ1v) is 5.91. The number of hydrogen-bond acceptors (Lipinski definition) is 5. The molecule has 2 rings (SSSR count). The van der Waals surface area contributed by atoms with Crippen LogP contribution < -0.4 is 5.73 Å². The first-order valence-electron chi connectivity index (χ1n) is 4.92. The van der Waals surface area contributed by atoms with E-state index in [2.05, 4.69) is 15.1 Å². The number of hydrogen-bond donors (Lipinski definition) is 1. The molecule has 0 bridgehead atoms. The van der Waals surface area contributed by atoms with Gasteiger partial charge in [-0.1, -0.05) is 0 Å². The summed E-state index contributed by atoms with van der Waals surface area (Å²) >= 11 is 1.62. The minimum atomic E-state index is 0.499. The Morgan fingerprint density at radius 2 is 2.19 bits per heavy atom. The molecule has 2 N–H and O–H groups in total. The molecule has 0 atom stereocenters. The number of aromatic nitrogens is 4. The van der Waals surface area contributed by atoms with Crippen molar-refractivity contribution in [3.8, 4) is 0 Å². The number of nitrogens with zero attached hydrogens (tertiary/aromatic N) is 4. The Morgan fingerprint density at radius 1 is 1.38 bits per heavy atom. The second-order valence-electron chi connectivity index (χ2n) is 3.37. The molecule has 84 valence electrons. The zero-order valence-corrected chi connectivity index (χ0v) is 9.81. The molecule has 16 heavy (non-hydrogen) atoms. The maximum Gasteiger partial charge on any atom is 0.156 e. The van der Waals surface area contributed by atoms with Crippen LogP contribution in [-0.4, -0.2) is 25.5 Å². The van der Waals surface area contributed by atoms with Crippen LogP contribution in [0.15, 0.2) is 29.8 Å². The van der Waals surface area contributed by atoms with Gasteiger partial charge in [0.25, 0.3) is 0 Å². The minimum absolute atomic E-state index is 0.499. The zero-order chi connectivity index (χ0) is 11.4. The van der Waals surface area contributed by atoms with Gasteiger partial charge in [-0.2, -0.15) is 5.10 Å². The van der Waals surface area contributed by atoms with Crippen molar-refractivity contribution >= 4 is 17.6 Å². The van der Waals surface area contributed by atoms with Gasteiger partial charge in [0, 0.05) is 31.4 Å². The lowest BCUT2D eigenvalue weighted by Gasteiger charge is -2.01. The second kappa shape index (κ2) is 4.98. The van der Waals surface area contributed by atoms with E-state index in [0.29, 0.717) is 5.82 Å². The number of nitrogen functional groups attached to an aromatic ring is 1. The molecule has 0 radical (unpaired) electrons. The van der Waals surface area contributed by atoms with Crippen molar-refractivity contribution in [3.05, 3.63) is 30.4 Å². The molecule has 0 fully saturated rings. The van der Waals surface area contributed by atoms with Crippen LogP contribution >= 0.6 is 11.8 Å². The van der Waals surface area contributed by atoms with Crippen LogP contribution in [0.4, 0.5) is 5.82 Å². The van der Waals surface area contributed by atoms with Gasteiger partial charge in [-0.05, 0) is 12.0 Å². The fourth-order valence-electron chi connectivity index (χ4n) is 1.31. The molecule has 5 nitrogen and oxygen atoms in total. The molecule has 0 saturated carbocycles. The SMILES string of the molecule is Cn1cc(CCSc2nccnc2N)cn1. The Hall–Kier alpha value is -1.56. The van der Waals surface area contributed by atoms with Crippen LogP contribution in [0.25, 0.3) is 0 Å². The second-order valence-corrected chi connectivity index (χ2v) is 4.45. The van der Waals surface area contributed by atoms with Gasteiger partial charge >= 0.3 is 0 Å². The third-order valence-electron chi connectivity index (χ3n) is 2.08. The Labute approximate surface area is 98.1 Å². The van der Waals surface area contributed by atoms with E-state index in [1.165, 1.54) is 5.56 Å². The van der Waals surface area contributed by atoms with Crippen molar-refractivity contribution in [1.82, 2.24) is 19.7 Å². The van der Waals surface area contributed by atoms with Crippen molar-refractivity contribution in [2.45, 2.75) is 11.4 Å². The first-order chi connectivity index (χ1) is 7.75. The smallest absolute Gasteiger partial charge is 0.156 e. The van der Waals surface area contributed by atoms with Gasteiger partial charge in [0.05, 0.1) is 6.20 Å². The van der Waals surface area contributed by atoms with E-state index in [1.807, 2.05) is 19.4 Å². The van der Waals surface area contributed by atoms with E-state index in [1.54, 1.807) is 28.8 Å². The number of aryl methyl sites for hydroxylation is 2. The zero-order valence-electron chi connectivity index (χ0n) is 9.00. The van der Waals surface area contributed by atoms with Gasteiger partial charge in [-0.15, -0.1) is 11.8 Å². The molecule has 2 aromatic heterocycles. The summed E-state index contributed by atoms with van der Waals surface area (Å²) in [4.78, 5) is 8.16. The molecule has 6 heteroatoms. The van der Waals surface area contributed by atoms with Crippen LogP contribution in [0.2, 0.25) is 0 Å². The largest absolute Gasteiger partial charge is 0.381 e. The molecule has 0 aromatic carbocycles. The normalized spacial score (nSPS) is 10.6. The third kappa shape index (κ3) is 2.73. The summed E-state index contributed by atoms with van der Waals surface area (Å²) in [5, 5.41) is 4.91. The fraction of sp³-hybridized carbons (Fsp3) is 0.300. The first kappa shape index (κ1) is 10.9. The summed E-state index contributed by atoms with van der Waals surface area (Å²) in [7, 11) is 1.91. The molecule has 0 aliphatic heterocycles. The van der Waals surface area contributed by atoms with Gasteiger partial charge in [0.2, 0.25) is 0 Å². The Kier molecular flexibility index (Phi) is 3.40. The maximum absolute atomic E-state index is 5.69. The van der Waals surface area contributed by atoms with Crippen molar-refractivity contribution in [3.63, 3.8) is 0 Å². The Bertz CT molecular complexity index is 468. The number of thioether (sulfide) groups is 1. The van der Waals surface area contributed by atoms with E-state index in [-0.39, 0.29) is 0 Å². The number of nitrogens with two attached hydrogens (primary N) is 1. The van der Waals surface area contributed by atoms with Gasteiger partial charge in [0.15, 0.2) is 5.82 Å². The Morgan fingerprint density at radius 3 is 2.88 bits per heavy atom. The molecule has 0 aliphatic carbocycles. The molecule has 0 amide bonds. The van der Waals surface area contributed by atoms with Crippen LogP contribution in [0.5, 0.6) is 0 Å². The fourth-order valence-corrected chi connectivity index (χ4v) is 2.18. The summed E-state index contributed by atoms with van der Waals surface area (Å²) in [6, 6.07) is 0. The predicted octanol–water partition coefficient (Wildman–Crippen LogP) is 1.13. The van der Waals surface area contributed by atoms with Crippen LogP contribution in [0.3, 0.4) is 0 Å². The number of anilines is 1. The third-order valence-corrected chi connectivity index (χ3v) is 3.08. The van der Waals surface area contributed by atoms with Gasteiger partial charge < -0.3 is 5.73 Å². The van der Waals surface area contributed by atoms with Gasteiger partial charge in [-0.25, -0.2) is 9.97 Å². The van der Waals surface area contributed by atoms with E-state index in [4.69, 9.17) is 5.73 Å². The van der Waals surface area contributed by atoms with E-state index < -0.39 is 0 Å². The molecule has 0 spiro atoms. The average molecular weight is 235 g/mol. The highest BCUT2D eigenvalue weighted by Gasteiger charge is 2.02. The van der Waals surface area contributed by atoms with Crippen LogP contribution in [0, 0.1) is 0 Å². The average Bonchev–Trinajstić information content (AvgIpc) is 2.67. The lowest BCUT2D eigenvalue weighted by molar-refractivity contribution is 0.767. The van der Waals surface area contributed by atoms with E-state index >= 15 is 0 Å².